The standard InChI is InChI=1S/C17H29N3O2/c1-4-9-19-17(18-3)20-13-15-7-6-8-16(12-15)14-22-11-10-21-5-2/h6-8,12H,4-5,9-11,13-14H2,1-3H3,(H2,18,19,20). The van der Waals surface area contributed by atoms with Crippen LogP contribution in [0, 0.1) is 0 Å². The third-order valence-electron chi connectivity index (χ3n) is 3.06. The molecule has 0 amide bonds. The number of hydrogen-bond donors (Lipinski definition) is 2. The number of hydrogen-bond acceptors (Lipinski definition) is 3. The first-order chi connectivity index (χ1) is 10.8. The Morgan fingerprint density at radius 1 is 1.09 bits per heavy atom. The topological polar surface area (TPSA) is 54.9 Å². The van der Waals surface area contributed by atoms with Gasteiger partial charge in [-0.3, -0.25) is 4.99 Å². The Bertz CT molecular complexity index is 436. The summed E-state index contributed by atoms with van der Waals surface area (Å²) in [6, 6.07) is 8.39. The van der Waals surface area contributed by atoms with Gasteiger partial charge in [-0.1, -0.05) is 31.2 Å². The Hall–Kier alpha value is -1.59. The molecule has 1 aromatic carbocycles. The number of benzene rings is 1. The molecule has 0 aliphatic rings. The number of nitrogens with zero attached hydrogens (tertiary/aromatic N) is 1. The van der Waals surface area contributed by atoms with Crippen molar-refractivity contribution in [3.8, 4) is 0 Å². The lowest BCUT2D eigenvalue weighted by atomic mass is 10.1. The smallest absolute Gasteiger partial charge is 0.191 e. The van der Waals surface area contributed by atoms with E-state index in [-0.39, 0.29) is 0 Å². The maximum Gasteiger partial charge on any atom is 0.191 e. The molecule has 0 saturated carbocycles. The fourth-order valence-corrected chi connectivity index (χ4v) is 1.93. The second-order valence-corrected chi connectivity index (χ2v) is 4.92. The summed E-state index contributed by atoms with van der Waals surface area (Å²) in [5.41, 5.74) is 2.39. The Labute approximate surface area is 134 Å². The second kappa shape index (κ2) is 12.0. The van der Waals surface area contributed by atoms with Crippen molar-refractivity contribution in [3.05, 3.63) is 35.4 Å². The van der Waals surface area contributed by atoms with E-state index in [2.05, 4.69) is 46.8 Å². The molecule has 0 saturated heterocycles. The van der Waals surface area contributed by atoms with E-state index in [0.717, 1.165) is 32.1 Å². The first-order valence-electron chi connectivity index (χ1n) is 7.98. The van der Waals surface area contributed by atoms with E-state index in [0.29, 0.717) is 19.8 Å². The highest BCUT2D eigenvalue weighted by atomic mass is 16.5. The Balaban J connectivity index is 2.36. The molecular weight excluding hydrogens is 278 g/mol. The molecule has 5 nitrogen and oxygen atoms in total. The van der Waals surface area contributed by atoms with Crippen LogP contribution in [0.4, 0.5) is 0 Å². The van der Waals surface area contributed by atoms with Gasteiger partial charge in [-0.25, -0.2) is 0 Å². The van der Waals surface area contributed by atoms with E-state index in [1.54, 1.807) is 7.05 Å². The Morgan fingerprint density at radius 3 is 2.59 bits per heavy atom. The van der Waals surface area contributed by atoms with Crippen molar-refractivity contribution in [3.63, 3.8) is 0 Å². The predicted octanol–water partition coefficient (Wildman–Crippen LogP) is 2.31. The number of nitrogens with one attached hydrogen (secondary N) is 2. The molecule has 1 rings (SSSR count). The SMILES string of the molecule is CCCNC(=NC)NCc1cccc(COCCOCC)c1. The highest BCUT2D eigenvalue weighted by Gasteiger charge is 1.99. The largest absolute Gasteiger partial charge is 0.379 e. The van der Waals surface area contributed by atoms with Gasteiger partial charge in [0.25, 0.3) is 0 Å². The van der Waals surface area contributed by atoms with Crippen LogP contribution in [0.5, 0.6) is 0 Å². The van der Waals surface area contributed by atoms with Crippen molar-refractivity contribution in [2.75, 3.05) is 33.4 Å². The van der Waals surface area contributed by atoms with Crippen LogP contribution in [0.2, 0.25) is 0 Å². The van der Waals surface area contributed by atoms with Crippen LogP contribution < -0.4 is 10.6 Å². The molecule has 0 fully saturated rings. The van der Waals surface area contributed by atoms with E-state index in [9.17, 15) is 0 Å². The van der Waals surface area contributed by atoms with Crippen LogP contribution >= 0.6 is 0 Å². The quantitative estimate of drug-likeness (QED) is 0.396. The zero-order chi connectivity index (χ0) is 16.0. The minimum Gasteiger partial charge on any atom is -0.379 e. The molecule has 0 radical (unpaired) electrons. The van der Waals surface area contributed by atoms with Crippen molar-refractivity contribution < 1.29 is 9.47 Å². The van der Waals surface area contributed by atoms with Gasteiger partial charge >= 0.3 is 0 Å². The molecule has 0 heterocycles. The van der Waals surface area contributed by atoms with Gasteiger partial charge < -0.3 is 20.1 Å². The van der Waals surface area contributed by atoms with E-state index in [4.69, 9.17) is 9.47 Å². The number of ether oxygens (including phenoxy) is 2. The molecule has 0 atom stereocenters. The zero-order valence-corrected chi connectivity index (χ0v) is 14.0. The molecule has 0 spiro atoms. The summed E-state index contributed by atoms with van der Waals surface area (Å²) < 4.78 is 10.8. The first-order valence-corrected chi connectivity index (χ1v) is 7.98. The van der Waals surface area contributed by atoms with E-state index in [1.165, 1.54) is 11.1 Å². The van der Waals surface area contributed by atoms with Crippen LogP contribution in [-0.2, 0) is 22.6 Å². The normalized spacial score (nSPS) is 11.5. The third kappa shape index (κ3) is 8.00. The highest BCUT2D eigenvalue weighted by Crippen LogP contribution is 2.06. The summed E-state index contributed by atoms with van der Waals surface area (Å²) in [6.45, 7) is 8.42. The van der Waals surface area contributed by atoms with Gasteiger partial charge in [-0.15, -0.1) is 0 Å². The summed E-state index contributed by atoms with van der Waals surface area (Å²) in [5.74, 6) is 0.834. The number of guanidine groups is 1. The van der Waals surface area contributed by atoms with Crippen LogP contribution in [0.25, 0.3) is 0 Å². The molecule has 124 valence electrons. The van der Waals surface area contributed by atoms with E-state index in [1.807, 2.05) is 6.92 Å². The summed E-state index contributed by atoms with van der Waals surface area (Å²) in [4.78, 5) is 4.20. The van der Waals surface area contributed by atoms with Gasteiger partial charge in [0.05, 0.1) is 19.8 Å². The lowest BCUT2D eigenvalue weighted by molar-refractivity contribution is 0.0453. The molecule has 0 bridgehead atoms. The average molecular weight is 307 g/mol. The monoisotopic (exact) mass is 307 g/mol. The summed E-state index contributed by atoms with van der Waals surface area (Å²) in [6.07, 6.45) is 1.08. The zero-order valence-electron chi connectivity index (χ0n) is 14.0. The van der Waals surface area contributed by atoms with Crippen LogP contribution in [-0.4, -0.2) is 39.4 Å². The maximum absolute atomic E-state index is 5.60. The molecule has 5 heteroatoms. The highest BCUT2D eigenvalue weighted by molar-refractivity contribution is 5.79. The Kier molecular flexibility index (Phi) is 10.1. The van der Waals surface area contributed by atoms with Gasteiger partial charge in [0.1, 0.15) is 0 Å². The van der Waals surface area contributed by atoms with Crippen molar-refractivity contribution in [2.45, 2.75) is 33.4 Å². The summed E-state index contributed by atoms with van der Waals surface area (Å²) >= 11 is 0. The molecule has 2 N–H and O–H groups in total. The molecule has 22 heavy (non-hydrogen) atoms. The molecular formula is C17H29N3O2. The molecule has 1 aromatic rings. The van der Waals surface area contributed by atoms with Gasteiger partial charge in [0.2, 0.25) is 0 Å². The minimum absolute atomic E-state index is 0.615. The van der Waals surface area contributed by atoms with Gasteiger partial charge in [-0.05, 0) is 24.5 Å². The second-order valence-electron chi connectivity index (χ2n) is 4.92. The fraction of sp³-hybridized carbons (Fsp3) is 0.588. The maximum atomic E-state index is 5.60. The van der Waals surface area contributed by atoms with Gasteiger partial charge in [0, 0.05) is 26.7 Å². The molecule has 0 unspecified atom stereocenters. The predicted molar refractivity (Wildman–Crippen MR) is 91.1 cm³/mol. The van der Waals surface area contributed by atoms with E-state index >= 15 is 0 Å². The van der Waals surface area contributed by atoms with Crippen LogP contribution in [0.1, 0.15) is 31.4 Å². The molecule has 0 aromatic heterocycles. The van der Waals surface area contributed by atoms with Crippen LogP contribution in [0.3, 0.4) is 0 Å². The van der Waals surface area contributed by atoms with Gasteiger partial charge in [0.15, 0.2) is 5.96 Å². The van der Waals surface area contributed by atoms with Crippen molar-refractivity contribution >= 4 is 5.96 Å². The van der Waals surface area contributed by atoms with Crippen LogP contribution in [0.15, 0.2) is 29.3 Å². The van der Waals surface area contributed by atoms with Gasteiger partial charge in [-0.2, -0.15) is 0 Å². The average Bonchev–Trinajstić information content (AvgIpc) is 2.55. The third-order valence-corrected chi connectivity index (χ3v) is 3.06. The summed E-state index contributed by atoms with van der Waals surface area (Å²) in [5, 5.41) is 6.57. The van der Waals surface area contributed by atoms with Crippen molar-refractivity contribution in [1.29, 1.82) is 0 Å². The number of rotatable bonds is 10. The lowest BCUT2D eigenvalue weighted by Crippen LogP contribution is -2.37. The first kappa shape index (κ1) is 18.5. The fourth-order valence-electron chi connectivity index (χ4n) is 1.93. The number of aliphatic imine (C=N–C) groups is 1. The Morgan fingerprint density at radius 2 is 1.86 bits per heavy atom. The van der Waals surface area contributed by atoms with Crippen molar-refractivity contribution in [2.24, 2.45) is 4.99 Å². The minimum atomic E-state index is 0.615. The lowest BCUT2D eigenvalue weighted by Gasteiger charge is -2.12. The van der Waals surface area contributed by atoms with Crippen molar-refractivity contribution in [1.82, 2.24) is 10.6 Å². The molecule has 0 aliphatic carbocycles. The van der Waals surface area contributed by atoms with E-state index < -0.39 is 0 Å². The molecule has 0 aliphatic heterocycles. The summed E-state index contributed by atoms with van der Waals surface area (Å²) in [7, 11) is 1.79.